The van der Waals surface area contributed by atoms with E-state index in [0.29, 0.717) is 13.1 Å². The van der Waals surface area contributed by atoms with Crippen LogP contribution in [0.5, 0.6) is 0 Å². The van der Waals surface area contributed by atoms with Gasteiger partial charge in [0.15, 0.2) is 0 Å². The fraction of sp³-hybridized carbons (Fsp3) is 0.462. The van der Waals surface area contributed by atoms with Crippen molar-refractivity contribution in [2.45, 2.75) is 6.92 Å². The molecule has 2 amide bonds. The monoisotopic (exact) mass is 235 g/mol. The summed E-state index contributed by atoms with van der Waals surface area (Å²) < 4.78 is 0. The molecule has 0 heterocycles. The predicted octanol–water partition coefficient (Wildman–Crippen LogP) is 1.78. The van der Waals surface area contributed by atoms with Gasteiger partial charge in [-0.1, -0.05) is 18.2 Å². The van der Waals surface area contributed by atoms with Gasteiger partial charge in [-0.05, 0) is 33.2 Å². The maximum Gasteiger partial charge on any atom is 0.321 e. The van der Waals surface area contributed by atoms with Crippen molar-refractivity contribution in [3.8, 4) is 0 Å². The number of rotatable bonds is 5. The van der Waals surface area contributed by atoms with Gasteiger partial charge in [-0.3, -0.25) is 4.90 Å². The first kappa shape index (κ1) is 13.5. The lowest BCUT2D eigenvalue weighted by Crippen LogP contribution is -2.42. The molecule has 0 atom stereocenters. The molecule has 0 aliphatic rings. The van der Waals surface area contributed by atoms with Crippen LogP contribution in [0.4, 0.5) is 10.5 Å². The Balaban J connectivity index is 2.53. The largest absolute Gasteiger partial charge is 0.336 e. The fourth-order valence-electron chi connectivity index (χ4n) is 1.53. The van der Waals surface area contributed by atoms with Crippen molar-refractivity contribution in [1.29, 1.82) is 0 Å². The second-order valence-corrected chi connectivity index (χ2v) is 4.12. The Kier molecular flexibility index (Phi) is 5.49. The van der Waals surface area contributed by atoms with Crippen LogP contribution in [0.3, 0.4) is 0 Å². The second kappa shape index (κ2) is 6.91. The Morgan fingerprint density at radius 1 is 1.24 bits per heavy atom. The zero-order valence-corrected chi connectivity index (χ0v) is 10.8. The van der Waals surface area contributed by atoms with Crippen molar-refractivity contribution >= 4 is 11.7 Å². The third kappa shape index (κ3) is 4.44. The van der Waals surface area contributed by atoms with Crippen LogP contribution in [-0.2, 0) is 0 Å². The molecule has 0 fully saturated rings. The maximum atomic E-state index is 12.0. The predicted molar refractivity (Wildman–Crippen MR) is 71.4 cm³/mol. The van der Waals surface area contributed by atoms with Gasteiger partial charge in [-0.25, -0.2) is 4.79 Å². The highest BCUT2D eigenvalue weighted by Crippen LogP contribution is 2.12. The van der Waals surface area contributed by atoms with Crippen molar-refractivity contribution in [2.75, 3.05) is 38.6 Å². The van der Waals surface area contributed by atoms with E-state index in [1.165, 1.54) is 0 Å². The molecule has 1 N–H and O–H groups in total. The van der Waals surface area contributed by atoms with E-state index >= 15 is 0 Å². The number of amides is 2. The molecular weight excluding hydrogens is 214 g/mol. The van der Waals surface area contributed by atoms with E-state index in [9.17, 15) is 4.79 Å². The van der Waals surface area contributed by atoms with Gasteiger partial charge in [-0.15, -0.1) is 0 Å². The number of benzene rings is 1. The number of carbonyl (C=O) groups is 1. The highest BCUT2D eigenvalue weighted by atomic mass is 16.2. The normalized spacial score (nSPS) is 10.4. The summed E-state index contributed by atoms with van der Waals surface area (Å²) in [6.45, 7) is 4.14. The summed E-state index contributed by atoms with van der Waals surface area (Å²) in [5.41, 5.74) is 0.928. The third-order valence-corrected chi connectivity index (χ3v) is 2.46. The zero-order chi connectivity index (χ0) is 12.7. The van der Waals surface area contributed by atoms with Crippen LogP contribution in [0.25, 0.3) is 0 Å². The van der Waals surface area contributed by atoms with Gasteiger partial charge in [0.2, 0.25) is 0 Å². The van der Waals surface area contributed by atoms with E-state index in [1.54, 1.807) is 4.90 Å². The highest BCUT2D eigenvalue weighted by Gasteiger charge is 2.12. The minimum atomic E-state index is -0.0412. The average Bonchev–Trinajstić information content (AvgIpc) is 2.31. The van der Waals surface area contributed by atoms with E-state index in [4.69, 9.17) is 0 Å². The van der Waals surface area contributed by atoms with Crippen LogP contribution in [-0.4, -0.2) is 44.7 Å². The summed E-state index contributed by atoms with van der Waals surface area (Å²) in [5, 5.41) is 2.91. The Morgan fingerprint density at radius 3 is 2.41 bits per heavy atom. The Morgan fingerprint density at radius 2 is 1.88 bits per heavy atom. The van der Waals surface area contributed by atoms with Gasteiger partial charge in [0.05, 0.1) is 0 Å². The maximum absolute atomic E-state index is 12.0. The second-order valence-electron chi connectivity index (χ2n) is 4.12. The number of nitrogens with one attached hydrogen (secondary N) is 1. The van der Waals surface area contributed by atoms with Gasteiger partial charge < -0.3 is 10.2 Å². The summed E-state index contributed by atoms with van der Waals surface area (Å²) in [6.07, 6.45) is 0. The van der Waals surface area contributed by atoms with E-state index < -0.39 is 0 Å². The Labute approximate surface area is 103 Å². The molecule has 0 aliphatic heterocycles. The third-order valence-electron chi connectivity index (χ3n) is 2.46. The first-order valence-electron chi connectivity index (χ1n) is 5.90. The number of nitrogens with zero attached hydrogens (tertiary/aromatic N) is 2. The lowest BCUT2D eigenvalue weighted by Gasteiger charge is -2.22. The summed E-state index contributed by atoms with van der Waals surface area (Å²) in [7, 11) is 3.97. The van der Waals surface area contributed by atoms with Crippen LogP contribution in [0.15, 0.2) is 30.3 Å². The number of likely N-dealkylation sites (N-methyl/N-ethyl adjacent to an activating group) is 1. The summed E-state index contributed by atoms with van der Waals surface area (Å²) >= 11 is 0. The number of hydrogen-bond donors (Lipinski definition) is 1. The zero-order valence-electron chi connectivity index (χ0n) is 10.8. The minimum Gasteiger partial charge on any atom is -0.336 e. The number of anilines is 1. The lowest BCUT2D eigenvalue weighted by atomic mass is 10.3. The van der Waals surface area contributed by atoms with Gasteiger partial charge in [0, 0.05) is 25.3 Å². The molecule has 0 saturated carbocycles. The van der Waals surface area contributed by atoms with Crippen molar-refractivity contribution in [1.82, 2.24) is 10.2 Å². The fourth-order valence-corrected chi connectivity index (χ4v) is 1.53. The van der Waals surface area contributed by atoms with Crippen molar-refractivity contribution in [2.24, 2.45) is 0 Å². The van der Waals surface area contributed by atoms with E-state index in [0.717, 1.165) is 12.2 Å². The smallest absolute Gasteiger partial charge is 0.321 e. The highest BCUT2D eigenvalue weighted by molar-refractivity contribution is 5.91. The standard InChI is InChI=1S/C13H21N3O/c1-4-16(12-8-6-5-7-9-12)13(17)14-10-11-15(2)3/h5-9H,4,10-11H2,1-3H3,(H,14,17). The Bertz CT molecular complexity index is 338. The lowest BCUT2D eigenvalue weighted by molar-refractivity contribution is 0.245. The molecular formula is C13H21N3O. The van der Waals surface area contributed by atoms with Crippen LogP contribution in [0.1, 0.15) is 6.92 Å². The van der Waals surface area contributed by atoms with Crippen molar-refractivity contribution in [3.05, 3.63) is 30.3 Å². The number of carbonyl (C=O) groups excluding carboxylic acids is 1. The van der Waals surface area contributed by atoms with Gasteiger partial charge in [0.1, 0.15) is 0 Å². The van der Waals surface area contributed by atoms with Crippen LogP contribution in [0, 0.1) is 0 Å². The molecule has 1 aromatic carbocycles. The van der Waals surface area contributed by atoms with Crippen LogP contribution >= 0.6 is 0 Å². The first-order valence-corrected chi connectivity index (χ1v) is 5.90. The molecule has 0 radical (unpaired) electrons. The molecule has 0 aliphatic carbocycles. The molecule has 4 heteroatoms. The number of urea groups is 1. The summed E-state index contributed by atoms with van der Waals surface area (Å²) in [5.74, 6) is 0. The molecule has 0 bridgehead atoms. The topological polar surface area (TPSA) is 35.6 Å². The molecule has 0 spiro atoms. The average molecular weight is 235 g/mol. The molecule has 0 aromatic heterocycles. The molecule has 17 heavy (non-hydrogen) atoms. The molecule has 94 valence electrons. The summed E-state index contributed by atoms with van der Waals surface area (Å²) in [4.78, 5) is 15.7. The van der Waals surface area contributed by atoms with Gasteiger partial charge in [-0.2, -0.15) is 0 Å². The summed E-state index contributed by atoms with van der Waals surface area (Å²) in [6, 6.07) is 9.65. The van der Waals surface area contributed by atoms with Crippen LogP contribution < -0.4 is 10.2 Å². The van der Waals surface area contributed by atoms with Crippen molar-refractivity contribution < 1.29 is 4.79 Å². The SMILES string of the molecule is CCN(C(=O)NCCN(C)C)c1ccccc1. The molecule has 0 unspecified atom stereocenters. The van der Waals surface area contributed by atoms with Crippen molar-refractivity contribution in [3.63, 3.8) is 0 Å². The van der Waals surface area contributed by atoms with E-state index in [-0.39, 0.29) is 6.03 Å². The molecule has 0 saturated heterocycles. The molecule has 1 aromatic rings. The first-order chi connectivity index (χ1) is 8.15. The van der Waals surface area contributed by atoms with Crippen LogP contribution in [0.2, 0.25) is 0 Å². The minimum absolute atomic E-state index is 0.0412. The molecule has 1 rings (SSSR count). The van der Waals surface area contributed by atoms with E-state index in [1.807, 2.05) is 56.3 Å². The molecule has 4 nitrogen and oxygen atoms in total. The number of para-hydroxylation sites is 1. The van der Waals surface area contributed by atoms with Gasteiger partial charge >= 0.3 is 6.03 Å². The van der Waals surface area contributed by atoms with E-state index in [2.05, 4.69) is 5.32 Å². The van der Waals surface area contributed by atoms with Gasteiger partial charge in [0.25, 0.3) is 0 Å². The quantitative estimate of drug-likeness (QED) is 0.844. The Hall–Kier alpha value is -1.55. The number of hydrogen-bond acceptors (Lipinski definition) is 2.